The summed E-state index contributed by atoms with van der Waals surface area (Å²) in [5.74, 6) is 0. The zero-order valence-electron chi connectivity index (χ0n) is 5.91. The van der Waals surface area contributed by atoms with Gasteiger partial charge >= 0.3 is 0 Å². The van der Waals surface area contributed by atoms with E-state index >= 15 is 0 Å². The van der Waals surface area contributed by atoms with Crippen molar-refractivity contribution in [2.75, 3.05) is 0 Å². The van der Waals surface area contributed by atoms with Gasteiger partial charge in [0, 0.05) is 6.07 Å². The maximum Gasteiger partial charge on any atom is 0.274 e. The van der Waals surface area contributed by atoms with Crippen molar-refractivity contribution in [3.63, 3.8) is 0 Å². The molecule has 0 unspecified atom stereocenters. The Morgan fingerprint density at radius 2 is 1.92 bits per heavy atom. The monoisotopic (exact) mass is 389 g/mol. The second-order valence-corrected chi connectivity index (χ2v) is 6.99. The number of alkyl halides is 2. The van der Waals surface area contributed by atoms with Gasteiger partial charge in [0.25, 0.3) is 5.69 Å². The van der Waals surface area contributed by atoms with Crippen LogP contribution in [0, 0.1) is 10.1 Å². The number of nitrogens with zero attached hydrogens (tertiary/aromatic N) is 1. The van der Waals surface area contributed by atoms with Crippen LogP contribution < -0.4 is 0 Å². The fourth-order valence-electron chi connectivity index (χ4n) is 0.838. The first-order chi connectivity index (χ1) is 5.63. The molecule has 5 heteroatoms. The number of nitro benzene ring substituents is 1. The lowest BCUT2D eigenvalue weighted by atomic mass is 10.2. The summed E-state index contributed by atoms with van der Waals surface area (Å²) in [4.78, 5) is 10.2. The third-order valence-corrected chi connectivity index (χ3v) is 2.71. The molecule has 0 spiro atoms. The molecule has 0 heterocycles. The number of benzene rings is 1. The van der Waals surface area contributed by atoms with Crippen molar-refractivity contribution in [2.45, 2.75) is 1.93 Å². The van der Waals surface area contributed by atoms with E-state index in [1.165, 1.54) is 6.07 Å². The van der Waals surface area contributed by atoms with Crippen molar-refractivity contribution in [3.8, 4) is 0 Å². The topological polar surface area (TPSA) is 43.1 Å². The normalized spacial score (nSPS) is 10.2. The van der Waals surface area contributed by atoms with E-state index in [1.54, 1.807) is 12.1 Å². The largest absolute Gasteiger partial charge is 0.274 e. The molecular weight excluding hydrogens is 384 g/mol. The average molecular weight is 389 g/mol. The average Bonchev–Trinajstić information content (AvgIpc) is 2.04. The lowest BCUT2D eigenvalue weighted by Gasteiger charge is -2.01. The molecule has 64 valence electrons. The van der Waals surface area contributed by atoms with Crippen LogP contribution in [-0.2, 0) is 0 Å². The smallest absolute Gasteiger partial charge is 0.258 e. The molecule has 12 heavy (non-hydrogen) atoms. The Bertz CT molecular complexity index is 301. The van der Waals surface area contributed by atoms with Gasteiger partial charge in [-0.1, -0.05) is 63.4 Å². The fourth-order valence-corrected chi connectivity index (χ4v) is 1.89. The number of para-hydroxylation sites is 1. The lowest BCUT2D eigenvalue weighted by Crippen LogP contribution is -1.93. The highest BCUT2D eigenvalue weighted by molar-refractivity contribution is 14.2. The van der Waals surface area contributed by atoms with Crippen LogP contribution in [0.2, 0.25) is 0 Å². The van der Waals surface area contributed by atoms with E-state index in [4.69, 9.17) is 0 Å². The highest BCUT2D eigenvalue weighted by Gasteiger charge is 2.16. The third-order valence-electron chi connectivity index (χ3n) is 1.37. The van der Waals surface area contributed by atoms with Crippen LogP contribution in [0.4, 0.5) is 5.69 Å². The summed E-state index contributed by atoms with van der Waals surface area (Å²) in [6.45, 7) is 0. The summed E-state index contributed by atoms with van der Waals surface area (Å²) < 4.78 is 0.141. The number of halogens is 2. The minimum Gasteiger partial charge on any atom is -0.258 e. The van der Waals surface area contributed by atoms with Crippen LogP contribution in [0.15, 0.2) is 24.3 Å². The van der Waals surface area contributed by atoms with Crippen LogP contribution in [-0.4, -0.2) is 4.92 Å². The number of hydrogen-bond donors (Lipinski definition) is 0. The van der Waals surface area contributed by atoms with E-state index < -0.39 is 0 Å². The van der Waals surface area contributed by atoms with Gasteiger partial charge in [-0.25, -0.2) is 0 Å². The molecule has 1 aromatic carbocycles. The Morgan fingerprint density at radius 1 is 1.33 bits per heavy atom. The van der Waals surface area contributed by atoms with Gasteiger partial charge in [0.1, 0.15) is 0 Å². The molecule has 1 aromatic rings. The maximum absolute atomic E-state index is 10.5. The first kappa shape index (κ1) is 10.2. The van der Waals surface area contributed by atoms with Gasteiger partial charge in [0.05, 0.1) is 12.4 Å². The summed E-state index contributed by atoms with van der Waals surface area (Å²) in [7, 11) is 0. The Kier molecular flexibility index (Phi) is 3.69. The maximum atomic E-state index is 10.5. The van der Waals surface area contributed by atoms with Crippen molar-refractivity contribution in [3.05, 3.63) is 39.9 Å². The van der Waals surface area contributed by atoms with Gasteiger partial charge in [-0.05, 0) is 0 Å². The van der Waals surface area contributed by atoms with E-state index in [-0.39, 0.29) is 12.5 Å². The molecule has 0 aliphatic rings. The van der Waals surface area contributed by atoms with E-state index in [1.807, 2.05) is 6.07 Å². The van der Waals surface area contributed by atoms with Crippen LogP contribution in [0.25, 0.3) is 0 Å². The predicted molar refractivity (Wildman–Crippen MR) is 63.9 cm³/mol. The lowest BCUT2D eigenvalue weighted by molar-refractivity contribution is -0.385. The quantitative estimate of drug-likeness (QED) is 0.337. The first-order valence-electron chi connectivity index (χ1n) is 3.14. The van der Waals surface area contributed by atoms with Crippen LogP contribution in [0.5, 0.6) is 0 Å². The SMILES string of the molecule is O=[N+]([O-])c1ccccc1C(I)I. The molecule has 0 aromatic heterocycles. The number of nitro groups is 1. The van der Waals surface area contributed by atoms with Crippen molar-refractivity contribution in [1.82, 2.24) is 0 Å². The summed E-state index contributed by atoms with van der Waals surface area (Å²) in [6, 6.07) is 6.80. The summed E-state index contributed by atoms with van der Waals surface area (Å²) in [5.41, 5.74) is 0.968. The van der Waals surface area contributed by atoms with Gasteiger partial charge in [-0.3, -0.25) is 10.1 Å². The van der Waals surface area contributed by atoms with Gasteiger partial charge in [0.15, 0.2) is 0 Å². The second kappa shape index (κ2) is 4.35. The van der Waals surface area contributed by atoms with Gasteiger partial charge < -0.3 is 0 Å². The predicted octanol–water partition coefficient (Wildman–Crippen LogP) is 3.46. The van der Waals surface area contributed by atoms with Gasteiger partial charge in [-0.2, -0.15) is 0 Å². The first-order valence-corrected chi connectivity index (χ1v) is 5.63. The summed E-state index contributed by atoms with van der Waals surface area (Å²) in [5, 5.41) is 10.5. The summed E-state index contributed by atoms with van der Waals surface area (Å²) in [6.07, 6.45) is 0. The van der Waals surface area contributed by atoms with Gasteiger partial charge in [0.2, 0.25) is 0 Å². The second-order valence-electron chi connectivity index (χ2n) is 2.12. The minimum absolute atomic E-state index is 0.141. The van der Waals surface area contributed by atoms with E-state index in [2.05, 4.69) is 45.2 Å². The molecule has 0 atom stereocenters. The molecule has 0 radical (unpaired) electrons. The van der Waals surface area contributed by atoms with Crippen LogP contribution in [0.3, 0.4) is 0 Å². The Morgan fingerprint density at radius 3 is 2.33 bits per heavy atom. The van der Waals surface area contributed by atoms with Crippen molar-refractivity contribution in [2.24, 2.45) is 0 Å². The zero-order valence-corrected chi connectivity index (χ0v) is 10.2. The van der Waals surface area contributed by atoms with E-state index in [9.17, 15) is 10.1 Å². The molecule has 3 nitrogen and oxygen atoms in total. The molecule has 0 bridgehead atoms. The zero-order chi connectivity index (χ0) is 9.14. The highest BCUT2D eigenvalue weighted by Crippen LogP contribution is 2.35. The Hall–Kier alpha value is 0.0800. The molecule has 1 rings (SSSR count). The Balaban J connectivity index is 3.17. The molecule has 0 aliphatic heterocycles. The molecule has 0 fully saturated rings. The van der Waals surface area contributed by atoms with Crippen molar-refractivity contribution in [1.29, 1.82) is 0 Å². The van der Waals surface area contributed by atoms with Crippen molar-refractivity contribution >= 4 is 50.9 Å². The number of hydrogen-bond acceptors (Lipinski definition) is 2. The van der Waals surface area contributed by atoms with Crippen molar-refractivity contribution < 1.29 is 4.92 Å². The summed E-state index contributed by atoms with van der Waals surface area (Å²) >= 11 is 4.30. The molecule has 0 aliphatic carbocycles. The van der Waals surface area contributed by atoms with Gasteiger partial charge in [-0.15, -0.1) is 0 Å². The highest BCUT2D eigenvalue weighted by atomic mass is 127. The molecule has 0 amide bonds. The van der Waals surface area contributed by atoms with Crippen LogP contribution >= 0.6 is 45.2 Å². The fraction of sp³-hybridized carbons (Fsp3) is 0.143. The molecular formula is C7H5I2NO2. The molecule has 0 saturated heterocycles. The van der Waals surface area contributed by atoms with Crippen LogP contribution in [0.1, 0.15) is 7.49 Å². The third kappa shape index (κ3) is 2.28. The standard InChI is InChI=1S/C7H5I2NO2/c8-7(9)5-3-1-2-4-6(5)10(11)12/h1-4,7H. The van der Waals surface area contributed by atoms with E-state index in [0.717, 1.165) is 5.56 Å². The molecule has 0 N–H and O–H groups in total. The minimum atomic E-state index is -0.348. The molecule has 0 saturated carbocycles. The Labute approximate surface area is 97.0 Å². The number of rotatable bonds is 2. The van der Waals surface area contributed by atoms with E-state index in [0.29, 0.717) is 0 Å².